The van der Waals surface area contributed by atoms with Crippen LogP contribution < -0.4 is 5.32 Å². The summed E-state index contributed by atoms with van der Waals surface area (Å²) in [5.74, 6) is -0.235. The molecular weight excluding hydrogens is 361 g/mol. The Hall–Kier alpha value is -0.870. The van der Waals surface area contributed by atoms with Crippen LogP contribution >= 0.6 is 31.9 Å². The molecule has 2 aromatic rings. The van der Waals surface area contributed by atoms with Crippen molar-refractivity contribution in [2.75, 3.05) is 5.32 Å². The van der Waals surface area contributed by atoms with E-state index in [0.29, 0.717) is 11.0 Å². The molecule has 0 aliphatic heterocycles. The van der Waals surface area contributed by atoms with Gasteiger partial charge in [-0.05, 0) is 58.2 Å². The highest BCUT2D eigenvalue weighted by molar-refractivity contribution is 9.10. The molecule has 0 aromatic heterocycles. The predicted molar refractivity (Wildman–Crippen MR) is 80.3 cm³/mol. The monoisotopic (exact) mass is 371 g/mol. The Kier molecular flexibility index (Phi) is 4.40. The SMILES string of the molecule is Cc1cc(NCc2cccc(F)c2Br)ccc1Br. The Bertz CT molecular complexity index is 570. The van der Waals surface area contributed by atoms with Gasteiger partial charge in [0.25, 0.3) is 0 Å². The van der Waals surface area contributed by atoms with Gasteiger partial charge in [0, 0.05) is 16.7 Å². The lowest BCUT2D eigenvalue weighted by molar-refractivity contribution is 0.618. The fourth-order valence-corrected chi connectivity index (χ4v) is 2.29. The van der Waals surface area contributed by atoms with Crippen molar-refractivity contribution >= 4 is 37.5 Å². The van der Waals surface area contributed by atoms with Crippen molar-refractivity contribution in [1.82, 2.24) is 0 Å². The van der Waals surface area contributed by atoms with E-state index >= 15 is 0 Å². The number of rotatable bonds is 3. The summed E-state index contributed by atoms with van der Waals surface area (Å²) in [4.78, 5) is 0. The van der Waals surface area contributed by atoms with Crippen LogP contribution in [0.1, 0.15) is 11.1 Å². The minimum absolute atomic E-state index is 0.235. The first-order chi connectivity index (χ1) is 8.58. The van der Waals surface area contributed by atoms with Crippen LogP contribution in [0, 0.1) is 12.7 Å². The van der Waals surface area contributed by atoms with E-state index in [4.69, 9.17) is 0 Å². The molecule has 1 nitrogen and oxygen atoms in total. The third-order valence-electron chi connectivity index (χ3n) is 2.67. The highest BCUT2D eigenvalue weighted by Gasteiger charge is 2.05. The highest BCUT2D eigenvalue weighted by atomic mass is 79.9. The van der Waals surface area contributed by atoms with Crippen molar-refractivity contribution in [2.24, 2.45) is 0 Å². The summed E-state index contributed by atoms with van der Waals surface area (Å²) in [5.41, 5.74) is 3.08. The molecule has 0 amide bonds. The van der Waals surface area contributed by atoms with Gasteiger partial charge in [0.2, 0.25) is 0 Å². The first-order valence-corrected chi connectivity index (χ1v) is 7.09. The van der Waals surface area contributed by atoms with Crippen molar-refractivity contribution in [3.05, 3.63) is 62.3 Å². The van der Waals surface area contributed by atoms with Gasteiger partial charge in [-0.2, -0.15) is 0 Å². The minimum atomic E-state index is -0.235. The summed E-state index contributed by atoms with van der Waals surface area (Å²) in [6.45, 7) is 2.62. The molecule has 1 N–H and O–H groups in total. The van der Waals surface area contributed by atoms with Crippen LogP contribution in [0.15, 0.2) is 45.3 Å². The van der Waals surface area contributed by atoms with Crippen molar-refractivity contribution in [3.63, 3.8) is 0 Å². The summed E-state index contributed by atoms with van der Waals surface area (Å²) in [6, 6.07) is 11.1. The van der Waals surface area contributed by atoms with Gasteiger partial charge in [-0.1, -0.05) is 28.1 Å². The van der Waals surface area contributed by atoms with Gasteiger partial charge in [-0.15, -0.1) is 0 Å². The average molecular weight is 373 g/mol. The topological polar surface area (TPSA) is 12.0 Å². The van der Waals surface area contributed by atoms with Gasteiger partial charge in [-0.25, -0.2) is 4.39 Å². The zero-order valence-corrected chi connectivity index (χ0v) is 13.0. The number of benzene rings is 2. The summed E-state index contributed by atoms with van der Waals surface area (Å²) in [6.07, 6.45) is 0. The van der Waals surface area contributed by atoms with Gasteiger partial charge < -0.3 is 5.32 Å². The van der Waals surface area contributed by atoms with Crippen LogP contribution in [-0.4, -0.2) is 0 Å². The normalized spacial score (nSPS) is 10.4. The van der Waals surface area contributed by atoms with Crippen molar-refractivity contribution in [2.45, 2.75) is 13.5 Å². The lowest BCUT2D eigenvalue weighted by atomic mass is 10.2. The lowest BCUT2D eigenvalue weighted by Gasteiger charge is -2.10. The Morgan fingerprint density at radius 2 is 1.94 bits per heavy atom. The Morgan fingerprint density at radius 1 is 1.17 bits per heavy atom. The number of anilines is 1. The Balaban J connectivity index is 2.11. The smallest absolute Gasteiger partial charge is 0.137 e. The van der Waals surface area contributed by atoms with Crippen LogP contribution in [-0.2, 0) is 6.54 Å². The second-order valence-electron chi connectivity index (χ2n) is 4.03. The highest BCUT2D eigenvalue weighted by Crippen LogP contribution is 2.23. The quantitative estimate of drug-likeness (QED) is 0.773. The zero-order valence-electron chi connectivity index (χ0n) is 9.81. The number of halogens is 3. The Morgan fingerprint density at radius 3 is 2.67 bits per heavy atom. The van der Waals surface area contributed by atoms with E-state index in [-0.39, 0.29) is 5.82 Å². The molecular formula is C14H12Br2FN. The van der Waals surface area contributed by atoms with Crippen LogP contribution in [0.25, 0.3) is 0 Å². The maximum absolute atomic E-state index is 13.3. The fraction of sp³-hybridized carbons (Fsp3) is 0.143. The van der Waals surface area contributed by atoms with E-state index in [1.165, 1.54) is 11.6 Å². The number of nitrogens with one attached hydrogen (secondary N) is 1. The molecule has 0 aliphatic rings. The van der Waals surface area contributed by atoms with E-state index in [0.717, 1.165) is 15.7 Å². The van der Waals surface area contributed by atoms with Gasteiger partial charge in [0.1, 0.15) is 5.82 Å². The summed E-state index contributed by atoms with van der Waals surface area (Å²) in [7, 11) is 0. The number of hydrogen-bond donors (Lipinski definition) is 1. The van der Waals surface area contributed by atoms with Crippen LogP contribution in [0.3, 0.4) is 0 Å². The Labute approximate surface area is 123 Å². The molecule has 18 heavy (non-hydrogen) atoms. The molecule has 2 rings (SSSR count). The molecule has 0 atom stereocenters. The summed E-state index contributed by atoms with van der Waals surface area (Å²) in [5, 5.41) is 3.28. The largest absolute Gasteiger partial charge is 0.381 e. The standard InChI is InChI=1S/C14H12Br2FN/c1-9-7-11(5-6-12(9)15)18-8-10-3-2-4-13(17)14(10)16/h2-7,18H,8H2,1H3. The van der Waals surface area contributed by atoms with E-state index < -0.39 is 0 Å². The van der Waals surface area contributed by atoms with Gasteiger partial charge in [0.15, 0.2) is 0 Å². The molecule has 0 heterocycles. The number of hydrogen-bond acceptors (Lipinski definition) is 1. The van der Waals surface area contributed by atoms with Gasteiger partial charge in [0.05, 0.1) is 4.47 Å². The van der Waals surface area contributed by atoms with E-state index in [2.05, 4.69) is 43.2 Å². The summed E-state index contributed by atoms with van der Waals surface area (Å²) >= 11 is 6.72. The molecule has 0 saturated heterocycles. The maximum atomic E-state index is 13.3. The van der Waals surface area contributed by atoms with Crippen LogP contribution in [0.5, 0.6) is 0 Å². The molecule has 0 unspecified atom stereocenters. The molecule has 0 fully saturated rings. The first-order valence-electron chi connectivity index (χ1n) is 5.51. The maximum Gasteiger partial charge on any atom is 0.137 e. The van der Waals surface area contributed by atoms with Gasteiger partial charge in [-0.3, -0.25) is 0 Å². The minimum Gasteiger partial charge on any atom is -0.381 e. The fourth-order valence-electron chi connectivity index (χ4n) is 1.64. The zero-order chi connectivity index (χ0) is 13.1. The van der Waals surface area contributed by atoms with Gasteiger partial charge >= 0.3 is 0 Å². The second-order valence-corrected chi connectivity index (χ2v) is 5.68. The molecule has 0 spiro atoms. The molecule has 0 bridgehead atoms. The number of aryl methyl sites for hydroxylation is 1. The van der Waals surface area contributed by atoms with E-state index in [9.17, 15) is 4.39 Å². The second kappa shape index (κ2) is 5.85. The van der Waals surface area contributed by atoms with Crippen molar-refractivity contribution < 1.29 is 4.39 Å². The van der Waals surface area contributed by atoms with E-state index in [1.54, 1.807) is 6.07 Å². The molecule has 0 aliphatic carbocycles. The van der Waals surface area contributed by atoms with Crippen LogP contribution in [0.2, 0.25) is 0 Å². The van der Waals surface area contributed by atoms with E-state index in [1.807, 2.05) is 25.1 Å². The predicted octanol–water partition coefficient (Wildman–Crippen LogP) is 5.27. The molecule has 4 heteroatoms. The summed E-state index contributed by atoms with van der Waals surface area (Å²) < 4.78 is 14.9. The molecule has 94 valence electrons. The third kappa shape index (κ3) is 3.12. The third-order valence-corrected chi connectivity index (χ3v) is 4.45. The molecule has 2 aromatic carbocycles. The molecule has 0 radical (unpaired) electrons. The first kappa shape index (κ1) is 13.6. The average Bonchev–Trinajstić information content (AvgIpc) is 2.35. The molecule has 0 saturated carbocycles. The van der Waals surface area contributed by atoms with Crippen molar-refractivity contribution in [3.8, 4) is 0 Å². The lowest BCUT2D eigenvalue weighted by Crippen LogP contribution is -2.01. The van der Waals surface area contributed by atoms with Crippen LogP contribution in [0.4, 0.5) is 10.1 Å². The van der Waals surface area contributed by atoms with Crippen molar-refractivity contribution in [1.29, 1.82) is 0 Å².